The molecule has 0 aliphatic carbocycles. The standard InChI is InChI=1S/C20H27N3O/c1-3-13-23(15-17-8-5-4-6-9-17)14-12-20(24)22-19-11-7-10-18(21)16(19)2/h4-11H,3,12-15,21H2,1-2H3,(H,22,24). The molecule has 0 aliphatic rings. The molecule has 2 aromatic carbocycles. The van der Waals surface area contributed by atoms with Crippen molar-refractivity contribution in [1.29, 1.82) is 0 Å². The molecule has 128 valence electrons. The zero-order valence-corrected chi connectivity index (χ0v) is 14.6. The Labute approximate surface area is 144 Å². The molecule has 0 aliphatic heterocycles. The Morgan fingerprint density at radius 3 is 2.54 bits per heavy atom. The highest BCUT2D eigenvalue weighted by Gasteiger charge is 2.10. The lowest BCUT2D eigenvalue weighted by Gasteiger charge is -2.21. The van der Waals surface area contributed by atoms with E-state index < -0.39 is 0 Å². The van der Waals surface area contributed by atoms with Crippen LogP contribution in [0, 0.1) is 6.92 Å². The Kier molecular flexibility index (Phi) is 6.82. The van der Waals surface area contributed by atoms with Gasteiger partial charge in [-0.15, -0.1) is 0 Å². The van der Waals surface area contributed by atoms with Gasteiger partial charge in [-0.3, -0.25) is 9.69 Å². The highest BCUT2D eigenvalue weighted by Crippen LogP contribution is 2.20. The summed E-state index contributed by atoms with van der Waals surface area (Å²) in [4.78, 5) is 14.6. The first-order valence-electron chi connectivity index (χ1n) is 8.51. The molecule has 0 spiro atoms. The summed E-state index contributed by atoms with van der Waals surface area (Å²) in [7, 11) is 0. The van der Waals surface area contributed by atoms with Gasteiger partial charge in [-0.2, -0.15) is 0 Å². The smallest absolute Gasteiger partial charge is 0.225 e. The van der Waals surface area contributed by atoms with Crippen molar-refractivity contribution in [2.45, 2.75) is 33.2 Å². The lowest BCUT2D eigenvalue weighted by atomic mass is 10.1. The van der Waals surface area contributed by atoms with Crippen molar-refractivity contribution >= 4 is 17.3 Å². The molecule has 0 radical (unpaired) electrons. The Balaban J connectivity index is 1.89. The van der Waals surface area contributed by atoms with Crippen LogP contribution in [0.25, 0.3) is 0 Å². The minimum atomic E-state index is 0.0258. The number of rotatable bonds is 8. The number of nitrogens with zero attached hydrogens (tertiary/aromatic N) is 1. The van der Waals surface area contributed by atoms with Gasteiger partial charge in [0.25, 0.3) is 0 Å². The van der Waals surface area contributed by atoms with Crippen molar-refractivity contribution in [2.75, 3.05) is 24.1 Å². The molecule has 0 bridgehead atoms. The normalized spacial score (nSPS) is 10.8. The van der Waals surface area contributed by atoms with Crippen molar-refractivity contribution in [3.8, 4) is 0 Å². The third-order valence-corrected chi connectivity index (χ3v) is 4.09. The second kappa shape index (κ2) is 9.08. The number of benzene rings is 2. The molecular formula is C20H27N3O. The fourth-order valence-corrected chi connectivity index (χ4v) is 2.69. The van der Waals surface area contributed by atoms with Crippen LogP contribution < -0.4 is 11.1 Å². The molecule has 0 fully saturated rings. The Hall–Kier alpha value is -2.33. The third-order valence-electron chi connectivity index (χ3n) is 4.09. The van der Waals surface area contributed by atoms with Crippen LogP contribution in [0.4, 0.5) is 11.4 Å². The number of nitrogens with two attached hydrogens (primary N) is 1. The number of hydrogen-bond donors (Lipinski definition) is 2. The van der Waals surface area contributed by atoms with Crippen LogP contribution in [-0.4, -0.2) is 23.9 Å². The zero-order chi connectivity index (χ0) is 17.4. The number of hydrogen-bond acceptors (Lipinski definition) is 3. The van der Waals surface area contributed by atoms with E-state index in [0.717, 1.165) is 37.3 Å². The number of carbonyl (C=O) groups is 1. The maximum absolute atomic E-state index is 12.3. The van der Waals surface area contributed by atoms with Gasteiger partial charge < -0.3 is 11.1 Å². The average molecular weight is 325 g/mol. The molecule has 4 heteroatoms. The van der Waals surface area contributed by atoms with E-state index in [1.807, 2.05) is 31.2 Å². The van der Waals surface area contributed by atoms with Gasteiger partial charge in [-0.05, 0) is 43.1 Å². The maximum atomic E-state index is 12.3. The highest BCUT2D eigenvalue weighted by atomic mass is 16.1. The van der Waals surface area contributed by atoms with Crippen LogP contribution in [0.5, 0.6) is 0 Å². The fourth-order valence-electron chi connectivity index (χ4n) is 2.69. The first-order chi connectivity index (χ1) is 11.6. The highest BCUT2D eigenvalue weighted by molar-refractivity contribution is 5.92. The summed E-state index contributed by atoms with van der Waals surface area (Å²) in [6, 6.07) is 16.0. The summed E-state index contributed by atoms with van der Waals surface area (Å²) < 4.78 is 0. The molecule has 0 saturated carbocycles. The first-order valence-corrected chi connectivity index (χ1v) is 8.51. The van der Waals surface area contributed by atoms with Gasteiger partial charge in [-0.1, -0.05) is 43.3 Å². The minimum absolute atomic E-state index is 0.0258. The quantitative estimate of drug-likeness (QED) is 0.725. The second-order valence-electron chi connectivity index (χ2n) is 6.08. The lowest BCUT2D eigenvalue weighted by molar-refractivity contribution is -0.116. The largest absolute Gasteiger partial charge is 0.398 e. The van der Waals surface area contributed by atoms with E-state index >= 15 is 0 Å². The monoisotopic (exact) mass is 325 g/mol. The van der Waals surface area contributed by atoms with Crippen LogP contribution in [0.3, 0.4) is 0 Å². The number of amides is 1. The van der Waals surface area contributed by atoms with Gasteiger partial charge in [0.2, 0.25) is 5.91 Å². The van der Waals surface area contributed by atoms with E-state index in [0.29, 0.717) is 12.1 Å². The zero-order valence-electron chi connectivity index (χ0n) is 14.6. The van der Waals surface area contributed by atoms with Gasteiger partial charge in [0, 0.05) is 30.9 Å². The maximum Gasteiger partial charge on any atom is 0.225 e. The molecule has 0 unspecified atom stereocenters. The number of nitrogen functional groups attached to an aromatic ring is 1. The van der Waals surface area contributed by atoms with E-state index in [1.165, 1.54) is 5.56 Å². The number of anilines is 2. The summed E-state index contributed by atoms with van der Waals surface area (Å²) >= 11 is 0. The van der Waals surface area contributed by atoms with Crippen molar-refractivity contribution in [2.24, 2.45) is 0 Å². The fraction of sp³-hybridized carbons (Fsp3) is 0.350. The van der Waals surface area contributed by atoms with Crippen molar-refractivity contribution in [3.63, 3.8) is 0 Å². The van der Waals surface area contributed by atoms with Crippen molar-refractivity contribution in [3.05, 3.63) is 59.7 Å². The van der Waals surface area contributed by atoms with Gasteiger partial charge >= 0.3 is 0 Å². The van der Waals surface area contributed by atoms with Crippen LogP contribution in [0.1, 0.15) is 30.9 Å². The Bertz CT molecular complexity index is 655. The van der Waals surface area contributed by atoms with Crippen LogP contribution in [0.15, 0.2) is 48.5 Å². The molecular weight excluding hydrogens is 298 g/mol. The molecule has 24 heavy (non-hydrogen) atoms. The predicted molar refractivity (Wildman–Crippen MR) is 101 cm³/mol. The third kappa shape index (κ3) is 5.39. The summed E-state index contributed by atoms with van der Waals surface area (Å²) in [5.41, 5.74) is 9.57. The number of carbonyl (C=O) groups excluding carboxylic acids is 1. The molecule has 4 nitrogen and oxygen atoms in total. The second-order valence-corrected chi connectivity index (χ2v) is 6.08. The van der Waals surface area contributed by atoms with Gasteiger partial charge in [0.05, 0.1) is 0 Å². The SMILES string of the molecule is CCCN(CCC(=O)Nc1cccc(N)c1C)Cc1ccccc1. The number of nitrogens with one attached hydrogen (secondary N) is 1. The van der Waals surface area contributed by atoms with Gasteiger partial charge in [0.1, 0.15) is 0 Å². The first kappa shape index (κ1) is 18.0. The van der Waals surface area contributed by atoms with Crippen LogP contribution in [-0.2, 0) is 11.3 Å². The molecule has 0 heterocycles. The molecule has 3 N–H and O–H groups in total. The van der Waals surface area contributed by atoms with Gasteiger partial charge in [-0.25, -0.2) is 0 Å². The molecule has 0 saturated heterocycles. The lowest BCUT2D eigenvalue weighted by Crippen LogP contribution is -2.28. The predicted octanol–water partition coefficient (Wildman–Crippen LogP) is 3.82. The van der Waals surface area contributed by atoms with E-state index in [1.54, 1.807) is 0 Å². The average Bonchev–Trinajstić information content (AvgIpc) is 2.58. The van der Waals surface area contributed by atoms with Gasteiger partial charge in [0.15, 0.2) is 0 Å². The van der Waals surface area contributed by atoms with Crippen molar-refractivity contribution < 1.29 is 4.79 Å². The summed E-state index contributed by atoms with van der Waals surface area (Å²) in [5, 5.41) is 2.97. The topological polar surface area (TPSA) is 58.4 Å². The van der Waals surface area contributed by atoms with E-state index in [9.17, 15) is 4.79 Å². The van der Waals surface area contributed by atoms with E-state index in [2.05, 4.69) is 41.4 Å². The molecule has 2 aromatic rings. The summed E-state index contributed by atoms with van der Waals surface area (Å²) in [6.07, 6.45) is 1.55. The van der Waals surface area contributed by atoms with E-state index in [4.69, 9.17) is 5.73 Å². The van der Waals surface area contributed by atoms with Crippen molar-refractivity contribution in [1.82, 2.24) is 4.90 Å². The van der Waals surface area contributed by atoms with Crippen LogP contribution >= 0.6 is 0 Å². The summed E-state index contributed by atoms with van der Waals surface area (Å²) in [6.45, 7) is 6.69. The summed E-state index contributed by atoms with van der Waals surface area (Å²) in [5.74, 6) is 0.0258. The van der Waals surface area contributed by atoms with Crippen LogP contribution in [0.2, 0.25) is 0 Å². The van der Waals surface area contributed by atoms with E-state index in [-0.39, 0.29) is 5.91 Å². The minimum Gasteiger partial charge on any atom is -0.398 e. The molecule has 1 amide bonds. The molecule has 0 atom stereocenters. The molecule has 2 rings (SSSR count). The Morgan fingerprint density at radius 1 is 1.08 bits per heavy atom. The Morgan fingerprint density at radius 2 is 1.83 bits per heavy atom. The molecule has 0 aromatic heterocycles.